The zero-order valence-electron chi connectivity index (χ0n) is 17.5. The van der Waals surface area contributed by atoms with Crippen molar-refractivity contribution in [3.63, 3.8) is 0 Å². The first-order valence-corrected chi connectivity index (χ1v) is 9.71. The van der Waals surface area contributed by atoms with E-state index in [4.69, 9.17) is 19.2 Å². The third kappa shape index (κ3) is 4.00. The predicted octanol–water partition coefficient (Wildman–Crippen LogP) is 4.58. The van der Waals surface area contributed by atoms with Gasteiger partial charge in [-0.1, -0.05) is 30.3 Å². The van der Waals surface area contributed by atoms with E-state index in [0.29, 0.717) is 33.9 Å². The number of benzene rings is 3. The average molecular weight is 414 g/mol. The van der Waals surface area contributed by atoms with Crippen LogP contribution in [0, 0.1) is 0 Å². The van der Waals surface area contributed by atoms with Crippen molar-refractivity contribution in [3.8, 4) is 22.9 Å². The molecule has 0 aliphatic rings. The number of hydrogen-bond acceptors (Lipinski definition) is 5. The van der Waals surface area contributed by atoms with Gasteiger partial charge in [0.2, 0.25) is 0 Å². The zero-order chi connectivity index (χ0) is 21.8. The lowest BCUT2D eigenvalue weighted by atomic mass is 10.2. The van der Waals surface area contributed by atoms with Crippen LogP contribution >= 0.6 is 0 Å². The molecule has 31 heavy (non-hydrogen) atoms. The second kappa shape index (κ2) is 8.75. The molecule has 4 rings (SSSR count). The largest absolute Gasteiger partial charge is 0.497 e. The maximum absolute atomic E-state index is 13.4. The quantitative estimate of drug-likeness (QED) is 0.462. The molecule has 0 unspecified atom stereocenters. The van der Waals surface area contributed by atoms with Crippen molar-refractivity contribution in [3.05, 3.63) is 88.5 Å². The number of para-hydroxylation sites is 1. The Morgan fingerprint density at radius 2 is 1.55 bits per heavy atom. The van der Waals surface area contributed by atoms with E-state index in [9.17, 15) is 4.79 Å². The monoisotopic (exact) mass is 414 g/mol. The molecule has 0 spiro atoms. The molecule has 0 atom stereocenters. The summed E-state index contributed by atoms with van der Waals surface area (Å²) >= 11 is 0. The average Bonchev–Trinajstić information content (AvgIpc) is 2.82. The van der Waals surface area contributed by atoms with Crippen LogP contribution in [0.25, 0.3) is 28.7 Å². The summed E-state index contributed by atoms with van der Waals surface area (Å²) < 4.78 is 17.5. The number of methoxy groups -OCH3 is 3. The van der Waals surface area contributed by atoms with Crippen LogP contribution in [0.4, 0.5) is 0 Å². The van der Waals surface area contributed by atoms with Crippen molar-refractivity contribution in [1.82, 2.24) is 9.55 Å². The van der Waals surface area contributed by atoms with Gasteiger partial charge in [-0.05, 0) is 48.0 Å². The first kappa shape index (κ1) is 20.2. The van der Waals surface area contributed by atoms with Crippen molar-refractivity contribution in [2.75, 3.05) is 21.3 Å². The molecule has 0 saturated heterocycles. The number of fused-ring (bicyclic) bond motifs is 1. The van der Waals surface area contributed by atoms with Gasteiger partial charge >= 0.3 is 0 Å². The highest BCUT2D eigenvalue weighted by atomic mass is 16.5. The van der Waals surface area contributed by atoms with Crippen LogP contribution in [-0.4, -0.2) is 30.9 Å². The van der Waals surface area contributed by atoms with Gasteiger partial charge in [0.1, 0.15) is 11.6 Å². The number of aromatic nitrogens is 2. The Morgan fingerprint density at radius 3 is 2.26 bits per heavy atom. The van der Waals surface area contributed by atoms with Gasteiger partial charge in [0.25, 0.3) is 5.56 Å². The summed E-state index contributed by atoms with van der Waals surface area (Å²) in [5.41, 5.74) is 2.07. The molecule has 3 aromatic carbocycles. The van der Waals surface area contributed by atoms with E-state index in [0.717, 1.165) is 11.3 Å². The Kier molecular flexibility index (Phi) is 5.71. The summed E-state index contributed by atoms with van der Waals surface area (Å²) in [5, 5.41) is 0.541. The SMILES string of the molecule is COc1ccc(C=Cc2nc3ccccc3c(=O)n2-c2ccc(OC)c(OC)c2)cc1. The lowest BCUT2D eigenvalue weighted by Crippen LogP contribution is -2.22. The summed E-state index contributed by atoms with van der Waals surface area (Å²) in [4.78, 5) is 18.1. The van der Waals surface area contributed by atoms with Crippen LogP contribution < -0.4 is 19.8 Å². The second-order valence-corrected chi connectivity index (χ2v) is 6.77. The van der Waals surface area contributed by atoms with Crippen molar-refractivity contribution in [2.24, 2.45) is 0 Å². The number of rotatable bonds is 6. The molecule has 1 aromatic heterocycles. The van der Waals surface area contributed by atoms with Crippen LogP contribution in [0.1, 0.15) is 11.4 Å². The van der Waals surface area contributed by atoms with Crippen molar-refractivity contribution >= 4 is 23.1 Å². The lowest BCUT2D eigenvalue weighted by Gasteiger charge is -2.14. The van der Waals surface area contributed by atoms with Crippen LogP contribution in [0.15, 0.2) is 71.5 Å². The Morgan fingerprint density at radius 1 is 0.806 bits per heavy atom. The Bertz CT molecular complexity index is 1310. The van der Waals surface area contributed by atoms with Gasteiger partial charge < -0.3 is 14.2 Å². The number of ether oxygens (including phenoxy) is 3. The maximum Gasteiger partial charge on any atom is 0.266 e. The van der Waals surface area contributed by atoms with E-state index in [1.807, 2.05) is 60.7 Å². The van der Waals surface area contributed by atoms with Crippen LogP contribution in [0.3, 0.4) is 0 Å². The molecule has 0 amide bonds. The summed E-state index contributed by atoms with van der Waals surface area (Å²) in [6.45, 7) is 0. The first-order chi connectivity index (χ1) is 15.1. The summed E-state index contributed by atoms with van der Waals surface area (Å²) in [7, 11) is 4.77. The van der Waals surface area contributed by atoms with Gasteiger partial charge in [-0.3, -0.25) is 9.36 Å². The smallest absolute Gasteiger partial charge is 0.266 e. The summed E-state index contributed by atoms with van der Waals surface area (Å²) in [5.74, 6) is 2.41. The lowest BCUT2D eigenvalue weighted by molar-refractivity contribution is 0.355. The molecule has 0 N–H and O–H groups in total. The van der Waals surface area contributed by atoms with Crippen molar-refractivity contribution in [2.45, 2.75) is 0 Å². The molecule has 0 bridgehead atoms. The van der Waals surface area contributed by atoms with E-state index < -0.39 is 0 Å². The highest BCUT2D eigenvalue weighted by molar-refractivity contribution is 5.80. The topological polar surface area (TPSA) is 62.6 Å². The van der Waals surface area contributed by atoms with Crippen molar-refractivity contribution in [1.29, 1.82) is 0 Å². The molecular formula is C25H22N2O4. The van der Waals surface area contributed by atoms with Crippen molar-refractivity contribution < 1.29 is 14.2 Å². The Hall–Kier alpha value is -4.06. The molecule has 6 nitrogen and oxygen atoms in total. The third-order valence-corrected chi connectivity index (χ3v) is 4.97. The Labute approximate surface area is 180 Å². The minimum atomic E-state index is -0.160. The summed E-state index contributed by atoms with van der Waals surface area (Å²) in [6, 6.07) is 20.3. The van der Waals surface area contributed by atoms with Gasteiger partial charge in [-0.25, -0.2) is 4.98 Å². The van der Waals surface area contributed by atoms with Gasteiger partial charge in [0, 0.05) is 6.07 Å². The zero-order valence-corrected chi connectivity index (χ0v) is 17.5. The molecule has 156 valence electrons. The van der Waals surface area contributed by atoms with Crippen LogP contribution in [0.5, 0.6) is 17.2 Å². The standard InChI is InChI=1S/C25H22N2O4/c1-29-19-12-8-17(9-13-19)10-15-24-26-21-7-5-4-6-20(21)25(28)27(24)18-11-14-22(30-2)23(16-18)31-3/h4-16H,1-3H3. The van der Waals surface area contributed by atoms with Gasteiger partial charge in [-0.15, -0.1) is 0 Å². The highest BCUT2D eigenvalue weighted by Gasteiger charge is 2.13. The van der Waals surface area contributed by atoms with Crippen LogP contribution in [-0.2, 0) is 0 Å². The highest BCUT2D eigenvalue weighted by Crippen LogP contribution is 2.29. The molecule has 4 aromatic rings. The second-order valence-electron chi connectivity index (χ2n) is 6.77. The van der Waals surface area contributed by atoms with Gasteiger partial charge in [0.15, 0.2) is 11.5 Å². The summed E-state index contributed by atoms with van der Waals surface area (Å²) in [6.07, 6.45) is 3.74. The van der Waals surface area contributed by atoms with E-state index in [2.05, 4.69) is 0 Å². The number of hydrogen-bond donors (Lipinski definition) is 0. The molecule has 0 fully saturated rings. The Balaban J connectivity index is 1.89. The van der Waals surface area contributed by atoms with Gasteiger partial charge in [-0.2, -0.15) is 0 Å². The minimum Gasteiger partial charge on any atom is -0.497 e. The fraction of sp³-hybridized carbons (Fsp3) is 0.120. The minimum absolute atomic E-state index is 0.160. The molecule has 6 heteroatoms. The maximum atomic E-state index is 13.4. The predicted molar refractivity (Wildman–Crippen MR) is 122 cm³/mol. The van der Waals surface area contributed by atoms with E-state index in [-0.39, 0.29) is 5.56 Å². The molecule has 0 radical (unpaired) electrons. The van der Waals surface area contributed by atoms with E-state index in [1.165, 1.54) is 0 Å². The normalized spacial score (nSPS) is 11.1. The fourth-order valence-corrected chi connectivity index (χ4v) is 3.36. The number of nitrogens with zero attached hydrogens (tertiary/aromatic N) is 2. The van der Waals surface area contributed by atoms with E-state index >= 15 is 0 Å². The molecule has 0 aliphatic carbocycles. The van der Waals surface area contributed by atoms with Crippen LogP contribution in [0.2, 0.25) is 0 Å². The third-order valence-electron chi connectivity index (χ3n) is 4.97. The molecule has 0 saturated carbocycles. The molecular weight excluding hydrogens is 392 g/mol. The van der Waals surface area contributed by atoms with E-state index in [1.54, 1.807) is 44.1 Å². The van der Waals surface area contributed by atoms with Gasteiger partial charge in [0.05, 0.1) is 37.9 Å². The fourth-order valence-electron chi connectivity index (χ4n) is 3.36. The first-order valence-electron chi connectivity index (χ1n) is 9.71. The molecule has 0 aliphatic heterocycles. The molecule has 1 heterocycles.